The van der Waals surface area contributed by atoms with Gasteiger partial charge in [-0.05, 0) is 49.3 Å². The highest BCUT2D eigenvalue weighted by atomic mass is 16.5. The molecular formula is C32H39N3O5. The molecule has 0 aliphatic carbocycles. The molecule has 2 aromatic carbocycles. The summed E-state index contributed by atoms with van der Waals surface area (Å²) in [5.41, 5.74) is 2.97. The fourth-order valence-corrected chi connectivity index (χ4v) is 5.05. The van der Waals surface area contributed by atoms with Gasteiger partial charge in [0, 0.05) is 43.0 Å². The van der Waals surface area contributed by atoms with Gasteiger partial charge in [0.05, 0.1) is 18.6 Å². The lowest BCUT2D eigenvalue weighted by Gasteiger charge is -2.26. The van der Waals surface area contributed by atoms with Crippen LogP contribution in [0.1, 0.15) is 49.7 Å². The molecule has 0 saturated carbocycles. The third-order valence-electron chi connectivity index (χ3n) is 7.25. The topological polar surface area (TPSA) is 112 Å². The average Bonchev–Trinajstić information content (AvgIpc) is 3.37. The van der Waals surface area contributed by atoms with Gasteiger partial charge in [0.2, 0.25) is 11.8 Å². The number of carbonyl (C=O) groups excluding carboxylic acids is 3. The number of aromatic amines is 1. The van der Waals surface area contributed by atoms with Gasteiger partial charge in [0.1, 0.15) is 6.61 Å². The van der Waals surface area contributed by atoms with E-state index in [1.807, 2.05) is 72.9 Å². The molecule has 0 spiro atoms. The molecule has 2 unspecified atom stereocenters. The second-order valence-corrected chi connectivity index (χ2v) is 10.3. The van der Waals surface area contributed by atoms with Gasteiger partial charge in [0.25, 0.3) is 0 Å². The van der Waals surface area contributed by atoms with Crippen LogP contribution in [-0.4, -0.2) is 58.6 Å². The van der Waals surface area contributed by atoms with Crippen molar-refractivity contribution in [3.8, 4) is 0 Å². The number of hydrogen-bond acceptors (Lipinski definition) is 5. The Kier molecular flexibility index (Phi) is 10.9. The first-order valence-electron chi connectivity index (χ1n) is 14.1. The Labute approximate surface area is 235 Å². The quantitative estimate of drug-likeness (QED) is 0.289. The molecule has 40 heavy (non-hydrogen) atoms. The predicted octanol–water partition coefficient (Wildman–Crippen LogP) is 4.29. The molecule has 0 radical (unpaired) electrons. The molecule has 0 fully saturated rings. The predicted molar refractivity (Wildman–Crippen MR) is 154 cm³/mol. The van der Waals surface area contributed by atoms with Gasteiger partial charge in [-0.15, -0.1) is 0 Å². The van der Waals surface area contributed by atoms with Gasteiger partial charge < -0.3 is 25.0 Å². The number of nitrogens with zero attached hydrogens (tertiary/aromatic N) is 1. The highest BCUT2D eigenvalue weighted by Crippen LogP contribution is 2.21. The van der Waals surface area contributed by atoms with E-state index in [1.165, 1.54) is 0 Å². The number of hydrogen-bond donors (Lipinski definition) is 3. The number of ether oxygens (including phenoxy) is 1. The molecule has 1 aliphatic heterocycles. The van der Waals surface area contributed by atoms with E-state index >= 15 is 0 Å². The smallest absolute Gasteiger partial charge is 0.305 e. The molecule has 0 bridgehead atoms. The van der Waals surface area contributed by atoms with Crippen molar-refractivity contribution in [2.75, 3.05) is 19.8 Å². The molecule has 2 atom stereocenters. The van der Waals surface area contributed by atoms with Crippen molar-refractivity contribution in [2.45, 2.75) is 57.5 Å². The number of nitrogens with one attached hydrogen (secondary N) is 2. The fraction of sp³-hybridized carbons (Fsp3) is 0.406. The van der Waals surface area contributed by atoms with Crippen LogP contribution in [0, 0.1) is 5.92 Å². The van der Waals surface area contributed by atoms with Crippen LogP contribution in [0.25, 0.3) is 10.9 Å². The minimum atomic E-state index is -0.593. The molecule has 8 nitrogen and oxygen atoms in total. The molecule has 3 aromatic rings. The molecule has 2 heterocycles. The number of benzene rings is 2. The van der Waals surface area contributed by atoms with Crippen molar-refractivity contribution in [3.63, 3.8) is 0 Å². The summed E-state index contributed by atoms with van der Waals surface area (Å²) in [7, 11) is 0. The summed E-state index contributed by atoms with van der Waals surface area (Å²) in [5.74, 6) is -1.30. The molecule has 2 amide bonds. The minimum absolute atomic E-state index is 0.0165. The van der Waals surface area contributed by atoms with Crippen LogP contribution in [0.2, 0.25) is 0 Å². The highest BCUT2D eigenvalue weighted by molar-refractivity contribution is 5.86. The van der Waals surface area contributed by atoms with Gasteiger partial charge in [-0.3, -0.25) is 14.4 Å². The SMILES string of the molecule is O=C1CCCCC=CCC(CC(=O)N(CCO)Cc2ccccc2)C(=O)NC(Cc2c[nH]c3ccccc23)CO1. The summed E-state index contributed by atoms with van der Waals surface area (Å²) in [4.78, 5) is 44.2. The third kappa shape index (κ3) is 8.55. The number of carbonyl (C=O) groups is 3. The fourth-order valence-electron chi connectivity index (χ4n) is 5.05. The van der Waals surface area contributed by atoms with Crippen LogP contribution >= 0.6 is 0 Å². The van der Waals surface area contributed by atoms with E-state index in [-0.39, 0.29) is 44.0 Å². The van der Waals surface area contributed by atoms with Gasteiger partial charge >= 0.3 is 5.97 Å². The van der Waals surface area contributed by atoms with E-state index in [0.29, 0.717) is 25.8 Å². The first kappa shape index (κ1) is 29.1. The zero-order valence-corrected chi connectivity index (χ0v) is 22.9. The van der Waals surface area contributed by atoms with Crippen molar-refractivity contribution in [1.82, 2.24) is 15.2 Å². The standard InChI is InChI=1S/C32H39N3O5/c36-18-17-35(22-24-11-5-4-6-12-24)30(37)20-25-13-7-2-1-3-8-16-31(38)40-23-27(34-32(25)39)19-26-21-33-29-15-10-9-14-28(26)29/h2,4-7,9-12,14-15,21,25,27,33,36H,1,3,8,13,16-20,22-23H2,(H,34,39). The van der Waals surface area contributed by atoms with Crippen molar-refractivity contribution >= 4 is 28.7 Å². The lowest BCUT2D eigenvalue weighted by molar-refractivity contribution is -0.145. The lowest BCUT2D eigenvalue weighted by atomic mass is 9.97. The first-order valence-corrected chi connectivity index (χ1v) is 14.1. The Morgan fingerprint density at radius 3 is 2.65 bits per heavy atom. The van der Waals surface area contributed by atoms with Crippen LogP contribution in [0.15, 0.2) is 72.9 Å². The van der Waals surface area contributed by atoms with Crippen molar-refractivity contribution in [2.24, 2.45) is 5.92 Å². The average molecular weight is 546 g/mol. The Morgan fingerprint density at radius 1 is 1.02 bits per heavy atom. The second-order valence-electron chi connectivity index (χ2n) is 10.3. The molecule has 1 aromatic heterocycles. The highest BCUT2D eigenvalue weighted by Gasteiger charge is 2.27. The van der Waals surface area contributed by atoms with Gasteiger partial charge in [-0.1, -0.05) is 60.7 Å². The Morgan fingerprint density at radius 2 is 1.82 bits per heavy atom. The molecular weight excluding hydrogens is 506 g/mol. The van der Waals surface area contributed by atoms with E-state index in [0.717, 1.165) is 41.3 Å². The number of aliphatic hydroxyl groups excluding tert-OH is 1. The number of aliphatic hydroxyl groups is 1. The maximum Gasteiger partial charge on any atom is 0.305 e. The van der Waals surface area contributed by atoms with Gasteiger partial charge in [-0.25, -0.2) is 0 Å². The van der Waals surface area contributed by atoms with Crippen LogP contribution in [0.5, 0.6) is 0 Å². The van der Waals surface area contributed by atoms with Crippen molar-refractivity contribution in [1.29, 1.82) is 0 Å². The van der Waals surface area contributed by atoms with E-state index in [4.69, 9.17) is 4.74 Å². The van der Waals surface area contributed by atoms with Gasteiger partial charge in [-0.2, -0.15) is 0 Å². The van der Waals surface area contributed by atoms with Gasteiger partial charge in [0.15, 0.2) is 0 Å². The number of aromatic nitrogens is 1. The molecule has 3 N–H and O–H groups in total. The van der Waals surface area contributed by atoms with E-state index in [1.54, 1.807) is 4.90 Å². The number of allylic oxidation sites excluding steroid dienone is 2. The van der Waals surface area contributed by atoms with E-state index in [2.05, 4.69) is 10.3 Å². The number of para-hydroxylation sites is 1. The lowest BCUT2D eigenvalue weighted by Crippen LogP contribution is -2.44. The Hall–Kier alpha value is -3.91. The zero-order chi connectivity index (χ0) is 28.2. The van der Waals surface area contributed by atoms with Crippen LogP contribution in [0.4, 0.5) is 0 Å². The molecule has 0 saturated heterocycles. The van der Waals surface area contributed by atoms with Crippen LogP contribution < -0.4 is 5.32 Å². The summed E-state index contributed by atoms with van der Waals surface area (Å²) < 4.78 is 5.58. The van der Waals surface area contributed by atoms with E-state index in [9.17, 15) is 19.5 Å². The van der Waals surface area contributed by atoms with Crippen LogP contribution in [-0.2, 0) is 32.1 Å². The Bertz CT molecular complexity index is 1290. The number of H-pyrrole nitrogens is 1. The van der Waals surface area contributed by atoms with Crippen LogP contribution in [0.3, 0.4) is 0 Å². The Balaban J connectivity index is 1.51. The first-order chi connectivity index (χ1) is 19.5. The minimum Gasteiger partial charge on any atom is -0.463 e. The summed E-state index contributed by atoms with van der Waals surface area (Å²) in [6.45, 7) is 0.458. The largest absolute Gasteiger partial charge is 0.463 e. The second kappa shape index (κ2) is 15.0. The normalized spacial score (nSPS) is 19.0. The molecule has 212 valence electrons. The number of fused-ring (bicyclic) bond motifs is 1. The maximum absolute atomic E-state index is 13.6. The zero-order valence-electron chi connectivity index (χ0n) is 22.9. The number of rotatable bonds is 8. The molecule has 4 rings (SSSR count). The number of esters is 1. The molecule has 8 heteroatoms. The number of cyclic esters (lactones) is 1. The van der Waals surface area contributed by atoms with Crippen molar-refractivity contribution in [3.05, 3.63) is 84.1 Å². The number of amides is 2. The van der Waals surface area contributed by atoms with Crippen molar-refractivity contribution < 1.29 is 24.2 Å². The maximum atomic E-state index is 13.6. The third-order valence-corrected chi connectivity index (χ3v) is 7.25. The summed E-state index contributed by atoms with van der Waals surface area (Å²) in [5, 5.41) is 13.7. The summed E-state index contributed by atoms with van der Waals surface area (Å²) >= 11 is 0. The molecule has 1 aliphatic rings. The monoisotopic (exact) mass is 545 g/mol. The summed E-state index contributed by atoms with van der Waals surface area (Å²) in [6.07, 6.45) is 9.54. The van der Waals surface area contributed by atoms with E-state index < -0.39 is 12.0 Å². The summed E-state index contributed by atoms with van der Waals surface area (Å²) in [6, 6.07) is 17.1.